The maximum atomic E-state index is 11.4. The normalized spacial score (nSPS) is 10.6. The van der Waals surface area contributed by atoms with Gasteiger partial charge in [-0.3, -0.25) is 4.79 Å². The van der Waals surface area contributed by atoms with Gasteiger partial charge in [-0.05, 0) is 45.0 Å². The Morgan fingerprint density at radius 2 is 1.89 bits per heavy atom. The summed E-state index contributed by atoms with van der Waals surface area (Å²) < 4.78 is 10.5. The third kappa shape index (κ3) is 5.35. The molecule has 4 heteroatoms. The van der Waals surface area contributed by atoms with Crippen LogP contribution in [-0.2, 0) is 9.53 Å². The van der Waals surface area contributed by atoms with Gasteiger partial charge >= 0.3 is 5.97 Å². The van der Waals surface area contributed by atoms with Crippen molar-refractivity contribution < 1.29 is 14.3 Å². The number of hydrogen-bond donors (Lipinski definition) is 0. The number of hydrogen-bond acceptors (Lipinski definition) is 4. The van der Waals surface area contributed by atoms with Gasteiger partial charge in [-0.15, -0.1) is 0 Å². The Hall–Kier alpha value is -2.02. The molecule has 0 saturated carbocycles. The Balaban J connectivity index is 2.33. The van der Waals surface area contributed by atoms with Crippen LogP contribution in [0.2, 0.25) is 0 Å². The first-order chi connectivity index (χ1) is 8.40. The second-order valence-corrected chi connectivity index (χ2v) is 4.82. The number of carbonyl (C=O) groups excluding carboxylic acids is 1. The van der Waals surface area contributed by atoms with Crippen LogP contribution in [0.4, 0.5) is 0 Å². The molecule has 4 nitrogen and oxygen atoms in total. The largest absolute Gasteiger partial charge is 0.493 e. The van der Waals surface area contributed by atoms with Gasteiger partial charge in [-0.2, -0.15) is 5.26 Å². The molecule has 0 spiro atoms. The summed E-state index contributed by atoms with van der Waals surface area (Å²) in [6.45, 7) is 5.74. The zero-order chi connectivity index (χ0) is 13.6. The predicted molar refractivity (Wildman–Crippen MR) is 67.1 cm³/mol. The van der Waals surface area contributed by atoms with Gasteiger partial charge in [0, 0.05) is 0 Å². The van der Waals surface area contributed by atoms with Crippen LogP contribution >= 0.6 is 0 Å². The first-order valence-corrected chi connectivity index (χ1v) is 5.75. The molecule has 0 fully saturated rings. The lowest BCUT2D eigenvalue weighted by molar-refractivity contribution is -0.155. The van der Waals surface area contributed by atoms with Crippen molar-refractivity contribution in [2.24, 2.45) is 0 Å². The maximum Gasteiger partial charge on any atom is 0.309 e. The molecule has 0 aliphatic rings. The molecule has 0 bridgehead atoms. The number of ether oxygens (including phenoxy) is 2. The van der Waals surface area contributed by atoms with Crippen molar-refractivity contribution in [2.75, 3.05) is 6.61 Å². The van der Waals surface area contributed by atoms with Crippen molar-refractivity contribution >= 4 is 5.97 Å². The van der Waals surface area contributed by atoms with Gasteiger partial charge in [0.15, 0.2) is 0 Å². The van der Waals surface area contributed by atoms with Crippen molar-refractivity contribution in [3.8, 4) is 11.8 Å². The monoisotopic (exact) mass is 247 g/mol. The molecule has 1 aromatic carbocycles. The molecule has 1 aromatic rings. The average Bonchev–Trinajstić information content (AvgIpc) is 2.27. The fraction of sp³-hybridized carbons (Fsp3) is 0.429. The molecule has 0 unspecified atom stereocenters. The Bertz CT molecular complexity index is 438. The van der Waals surface area contributed by atoms with Crippen LogP contribution in [0, 0.1) is 11.3 Å². The third-order valence-electron chi connectivity index (χ3n) is 1.98. The number of carbonyl (C=O) groups is 1. The molecule has 1 rings (SSSR count). The van der Waals surface area contributed by atoms with Gasteiger partial charge in [0.25, 0.3) is 0 Å². The van der Waals surface area contributed by atoms with E-state index < -0.39 is 5.60 Å². The van der Waals surface area contributed by atoms with Crippen LogP contribution in [0.25, 0.3) is 0 Å². The van der Waals surface area contributed by atoms with E-state index in [9.17, 15) is 4.79 Å². The second-order valence-electron chi connectivity index (χ2n) is 4.82. The number of rotatable bonds is 4. The van der Waals surface area contributed by atoms with Crippen molar-refractivity contribution in [2.45, 2.75) is 32.8 Å². The first-order valence-electron chi connectivity index (χ1n) is 5.75. The van der Waals surface area contributed by atoms with Crippen LogP contribution < -0.4 is 4.74 Å². The Labute approximate surface area is 107 Å². The summed E-state index contributed by atoms with van der Waals surface area (Å²) in [4.78, 5) is 11.4. The van der Waals surface area contributed by atoms with Gasteiger partial charge in [0.05, 0.1) is 24.7 Å². The van der Waals surface area contributed by atoms with Crippen LogP contribution in [0.1, 0.15) is 32.8 Å². The molecule has 18 heavy (non-hydrogen) atoms. The molecule has 96 valence electrons. The van der Waals surface area contributed by atoms with Gasteiger partial charge in [-0.25, -0.2) is 0 Å². The molecule has 0 radical (unpaired) electrons. The quantitative estimate of drug-likeness (QED) is 0.767. The van der Waals surface area contributed by atoms with Gasteiger partial charge in [0.2, 0.25) is 0 Å². The lowest BCUT2D eigenvalue weighted by Gasteiger charge is -2.19. The zero-order valence-corrected chi connectivity index (χ0v) is 10.9. The van der Waals surface area contributed by atoms with Crippen molar-refractivity contribution in [3.63, 3.8) is 0 Å². The lowest BCUT2D eigenvalue weighted by atomic mass is 10.2. The molecule has 0 heterocycles. The summed E-state index contributed by atoms with van der Waals surface area (Å²) in [7, 11) is 0. The molecule has 0 saturated heterocycles. The molecular formula is C14H17NO3. The fourth-order valence-corrected chi connectivity index (χ4v) is 1.27. The molecular weight excluding hydrogens is 230 g/mol. The summed E-state index contributed by atoms with van der Waals surface area (Å²) in [6.07, 6.45) is 0.206. The van der Waals surface area contributed by atoms with E-state index in [1.54, 1.807) is 24.3 Å². The van der Waals surface area contributed by atoms with Crippen molar-refractivity contribution in [3.05, 3.63) is 29.8 Å². The van der Waals surface area contributed by atoms with E-state index in [1.165, 1.54) is 0 Å². The van der Waals surface area contributed by atoms with E-state index >= 15 is 0 Å². The minimum Gasteiger partial charge on any atom is -0.493 e. The summed E-state index contributed by atoms with van der Waals surface area (Å²) in [6, 6.07) is 8.77. The highest BCUT2D eigenvalue weighted by Crippen LogP contribution is 2.12. The van der Waals surface area contributed by atoms with Crippen molar-refractivity contribution in [1.82, 2.24) is 0 Å². The van der Waals surface area contributed by atoms with E-state index in [0.717, 1.165) is 0 Å². The smallest absolute Gasteiger partial charge is 0.309 e. The Kier molecular flexibility index (Phi) is 4.73. The second kappa shape index (κ2) is 6.06. The van der Waals surface area contributed by atoms with E-state index in [1.807, 2.05) is 26.8 Å². The zero-order valence-electron chi connectivity index (χ0n) is 10.9. The van der Waals surface area contributed by atoms with Crippen LogP contribution in [-0.4, -0.2) is 18.2 Å². The number of esters is 1. The molecule has 0 aliphatic carbocycles. The molecule has 0 aliphatic heterocycles. The van der Waals surface area contributed by atoms with E-state index in [4.69, 9.17) is 14.7 Å². The first kappa shape index (κ1) is 14.0. The minimum atomic E-state index is -0.467. The minimum absolute atomic E-state index is 0.206. The maximum absolute atomic E-state index is 11.4. The van der Waals surface area contributed by atoms with Crippen LogP contribution in [0.15, 0.2) is 24.3 Å². The van der Waals surface area contributed by atoms with Gasteiger partial charge in [-0.1, -0.05) is 0 Å². The fourth-order valence-electron chi connectivity index (χ4n) is 1.27. The Morgan fingerprint density at radius 1 is 1.28 bits per heavy atom. The molecule has 0 N–H and O–H groups in total. The van der Waals surface area contributed by atoms with E-state index in [-0.39, 0.29) is 19.0 Å². The molecule has 0 atom stereocenters. The summed E-state index contributed by atoms with van der Waals surface area (Å²) in [5.41, 5.74) is 0.111. The number of nitrogens with zero attached hydrogens (tertiary/aromatic N) is 1. The highest BCUT2D eigenvalue weighted by molar-refractivity contribution is 5.69. The standard InChI is InChI=1S/C14H17NO3/c1-14(2,3)18-13(16)8-9-17-12-6-4-11(10-15)5-7-12/h4-7H,8-9H2,1-3H3. The van der Waals surface area contributed by atoms with Crippen molar-refractivity contribution in [1.29, 1.82) is 5.26 Å². The number of benzene rings is 1. The van der Waals surface area contributed by atoms with E-state index in [0.29, 0.717) is 11.3 Å². The van der Waals surface area contributed by atoms with Gasteiger partial charge < -0.3 is 9.47 Å². The SMILES string of the molecule is CC(C)(C)OC(=O)CCOc1ccc(C#N)cc1. The topological polar surface area (TPSA) is 59.3 Å². The Morgan fingerprint density at radius 3 is 2.39 bits per heavy atom. The third-order valence-corrected chi connectivity index (χ3v) is 1.98. The highest BCUT2D eigenvalue weighted by Gasteiger charge is 2.15. The predicted octanol–water partition coefficient (Wildman–Crippen LogP) is 2.67. The number of nitriles is 1. The highest BCUT2D eigenvalue weighted by atomic mass is 16.6. The molecule has 0 aromatic heterocycles. The van der Waals surface area contributed by atoms with E-state index in [2.05, 4.69) is 0 Å². The average molecular weight is 247 g/mol. The van der Waals surface area contributed by atoms with Crippen LogP contribution in [0.5, 0.6) is 5.75 Å². The summed E-state index contributed by atoms with van der Waals surface area (Å²) in [5.74, 6) is 0.355. The summed E-state index contributed by atoms with van der Waals surface area (Å²) in [5, 5.41) is 8.63. The molecule has 0 amide bonds. The van der Waals surface area contributed by atoms with Gasteiger partial charge in [0.1, 0.15) is 11.4 Å². The van der Waals surface area contributed by atoms with Crippen LogP contribution in [0.3, 0.4) is 0 Å². The lowest BCUT2D eigenvalue weighted by Crippen LogP contribution is -2.24. The summed E-state index contributed by atoms with van der Waals surface area (Å²) >= 11 is 0.